The van der Waals surface area contributed by atoms with Gasteiger partial charge in [-0.25, -0.2) is 0 Å². The molecule has 222 valence electrons. The molecular weight excluding hydrogens is 642 g/mol. The molecule has 2 N–H and O–H groups in total. The first kappa shape index (κ1) is 30.0. The van der Waals surface area contributed by atoms with Crippen LogP contribution < -0.4 is 29.6 Å². The third kappa shape index (κ3) is 6.78. The van der Waals surface area contributed by atoms with E-state index in [1.165, 1.54) is 13.2 Å². The smallest absolute Gasteiger partial charge is 0.294 e. The van der Waals surface area contributed by atoms with Gasteiger partial charge in [0.15, 0.2) is 29.6 Å². The van der Waals surface area contributed by atoms with E-state index < -0.39 is 23.6 Å². The minimum absolute atomic E-state index is 0.0987. The first-order chi connectivity index (χ1) is 20.6. The standard InChI is InChI=1S/C30H26BrN3O8S/c1-16-17(2)21(7-6-20(16)31)33-28(36)14-40-22-8-4-18(10-24(22)39-3)11-26-29(37)34(30(38)43-26)13-27(35)32-19-5-9-23-25(12-19)42-15-41-23/h4-12H,13-15H2,1-3H3,(H,32,35)(H,33,36)/b26-11+. The van der Waals surface area contributed by atoms with Crippen molar-refractivity contribution in [3.63, 3.8) is 0 Å². The number of methoxy groups -OCH3 is 1. The molecule has 0 aliphatic carbocycles. The van der Waals surface area contributed by atoms with E-state index in [-0.39, 0.29) is 24.2 Å². The zero-order valence-corrected chi connectivity index (χ0v) is 25.7. The summed E-state index contributed by atoms with van der Waals surface area (Å²) in [5.74, 6) is 0.245. The van der Waals surface area contributed by atoms with Crippen LogP contribution in [-0.4, -0.2) is 54.9 Å². The summed E-state index contributed by atoms with van der Waals surface area (Å²) in [5.41, 5.74) is 3.67. The number of imide groups is 1. The molecule has 1 saturated heterocycles. The van der Waals surface area contributed by atoms with Crippen LogP contribution in [0.15, 0.2) is 57.9 Å². The highest BCUT2D eigenvalue weighted by Crippen LogP contribution is 2.36. The molecule has 0 unspecified atom stereocenters. The normalized spacial score (nSPS) is 14.7. The summed E-state index contributed by atoms with van der Waals surface area (Å²) in [6.45, 7) is 3.27. The van der Waals surface area contributed by atoms with E-state index in [1.54, 1.807) is 36.4 Å². The van der Waals surface area contributed by atoms with Crippen LogP contribution in [0.2, 0.25) is 0 Å². The minimum Gasteiger partial charge on any atom is -0.493 e. The van der Waals surface area contributed by atoms with Crippen LogP contribution in [0.3, 0.4) is 0 Å². The van der Waals surface area contributed by atoms with Crippen molar-refractivity contribution < 1.29 is 38.1 Å². The fourth-order valence-electron chi connectivity index (χ4n) is 4.25. The summed E-state index contributed by atoms with van der Waals surface area (Å²) in [7, 11) is 1.45. The fraction of sp³-hybridized carbons (Fsp3) is 0.200. The lowest BCUT2D eigenvalue weighted by molar-refractivity contribution is -0.127. The summed E-state index contributed by atoms with van der Waals surface area (Å²) in [6.07, 6.45) is 1.53. The van der Waals surface area contributed by atoms with Crippen molar-refractivity contribution >= 4 is 68.1 Å². The van der Waals surface area contributed by atoms with Gasteiger partial charge in [-0.05, 0) is 84.8 Å². The number of thioether (sulfide) groups is 1. The van der Waals surface area contributed by atoms with Crippen LogP contribution in [0.4, 0.5) is 16.2 Å². The molecule has 0 radical (unpaired) electrons. The Hall–Kier alpha value is -4.49. The molecule has 0 bridgehead atoms. The lowest BCUT2D eigenvalue weighted by Crippen LogP contribution is -2.36. The Labute approximate surface area is 259 Å². The van der Waals surface area contributed by atoms with Crippen LogP contribution in [0.25, 0.3) is 6.08 Å². The topological polar surface area (TPSA) is 133 Å². The number of fused-ring (bicyclic) bond motifs is 1. The first-order valence-electron chi connectivity index (χ1n) is 12.9. The number of benzene rings is 3. The van der Waals surface area contributed by atoms with Crippen LogP contribution in [0.1, 0.15) is 16.7 Å². The number of ether oxygens (including phenoxy) is 4. The number of anilines is 2. The largest absolute Gasteiger partial charge is 0.493 e. The molecular formula is C30H26BrN3O8S. The second-order valence-electron chi connectivity index (χ2n) is 9.48. The Morgan fingerprint density at radius 1 is 0.977 bits per heavy atom. The van der Waals surface area contributed by atoms with Gasteiger partial charge in [0.25, 0.3) is 17.1 Å². The molecule has 0 saturated carbocycles. The Balaban J connectivity index is 1.20. The van der Waals surface area contributed by atoms with E-state index in [0.29, 0.717) is 39.9 Å². The average molecular weight is 669 g/mol. The lowest BCUT2D eigenvalue weighted by Gasteiger charge is -2.14. The third-order valence-corrected chi connectivity index (χ3v) is 8.44. The van der Waals surface area contributed by atoms with Crippen LogP contribution in [0.5, 0.6) is 23.0 Å². The van der Waals surface area contributed by atoms with Gasteiger partial charge in [0.05, 0.1) is 12.0 Å². The second kappa shape index (κ2) is 12.8. The number of halogens is 1. The molecule has 0 aromatic heterocycles. The van der Waals surface area contributed by atoms with Gasteiger partial charge in [0.2, 0.25) is 12.7 Å². The summed E-state index contributed by atoms with van der Waals surface area (Å²) in [5, 5.41) is 4.94. The van der Waals surface area contributed by atoms with Crippen molar-refractivity contribution in [1.29, 1.82) is 0 Å². The van der Waals surface area contributed by atoms with E-state index in [2.05, 4.69) is 26.6 Å². The molecule has 43 heavy (non-hydrogen) atoms. The summed E-state index contributed by atoms with van der Waals surface area (Å²) in [4.78, 5) is 51.7. The fourth-order valence-corrected chi connectivity index (χ4v) is 5.52. The predicted octanol–water partition coefficient (Wildman–Crippen LogP) is 5.50. The summed E-state index contributed by atoms with van der Waals surface area (Å²) < 4.78 is 22.6. The molecule has 2 heterocycles. The van der Waals surface area contributed by atoms with E-state index >= 15 is 0 Å². The van der Waals surface area contributed by atoms with Crippen molar-refractivity contribution in [1.82, 2.24) is 4.90 Å². The quantitative estimate of drug-likeness (QED) is 0.284. The molecule has 1 fully saturated rings. The first-order valence-corrected chi connectivity index (χ1v) is 14.5. The SMILES string of the molecule is COc1cc(/C=C2/SC(=O)N(CC(=O)Nc3ccc4c(c3)OCO4)C2=O)ccc1OCC(=O)Nc1ccc(Br)c(C)c1C. The Morgan fingerprint density at radius 3 is 2.56 bits per heavy atom. The highest BCUT2D eigenvalue weighted by Gasteiger charge is 2.36. The molecule has 2 aliphatic rings. The lowest BCUT2D eigenvalue weighted by atomic mass is 10.1. The molecule has 5 rings (SSSR count). The average Bonchev–Trinajstić information content (AvgIpc) is 3.56. The van der Waals surface area contributed by atoms with Crippen LogP contribution in [-0.2, 0) is 14.4 Å². The van der Waals surface area contributed by atoms with E-state index in [1.807, 2.05) is 26.0 Å². The maximum absolute atomic E-state index is 13.0. The van der Waals surface area contributed by atoms with Gasteiger partial charge in [-0.15, -0.1) is 0 Å². The van der Waals surface area contributed by atoms with Crippen molar-refractivity contribution in [3.05, 3.63) is 74.6 Å². The molecule has 0 spiro atoms. The van der Waals surface area contributed by atoms with Crippen LogP contribution >= 0.6 is 27.7 Å². The van der Waals surface area contributed by atoms with Gasteiger partial charge in [-0.2, -0.15) is 0 Å². The minimum atomic E-state index is -0.592. The van der Waals surface area contributed by atoms with Gasteiger partial charge >= 0.3 is 0 Å². The van der Waals surface area contributed by atoms with Gasteiger partial charge in [-0.1, -0.05) is 22.0 Å². The Bertz CT molecular complexity index is 1680. The van der Waals surface area contributed by atoms with Gasteiger partial charge in [0.1, 0.15) is 6.54 Å². The Kier molecular flexibility index (Phi) is 8.92. The number of nitrogens with one attached hydrogen (secondary N) is 2. The van der Waals surface area contributed by atoms with E-state index in [0.717, 1.165) is 32.3 Å². The third-order valence-electron chi connectivity index (χ3n) is 6.67. The van der Waals surface area contributed by atoms with Crippen molar-refractivity contribution in [2.45, 2.75) is 13.8 Å². The van der Waals surface area contributed by atoms with Gasteiger partial charge in [-0.3, -0.25) is 24.1 Å². The zero-order valence-electron chi connectivity index (χ0n) is 23.3. The number of carbonyl (C=O) groups is 4. The molecule has 0 atom stereocenters. The monoisotopic (exact) mass is 667 g/mol. The molecule has 11 nitrogen and oxygen atoms in total. The summed E-state index contributed by atoms with van der Waals surface area (Å²) >= 11 is 4.21. The number of amides is 4. The number of hydrogen-bond donors (Lipinski definition) is 2. The maximum Gasteiger partial charge on any atom is 0.294 e. The highest BCUT2D eigenvalue weighted by atomic mass is 79.9. The molecule has 13 heteroatoms. The second-order valence-corrected chi connectivity index (χ2v) is 11.3. The van der Waals surface area contributed by atoms with Gasteiger partial charge < -0.3 is 29.6 Å². The van der Waals surface area contributed by atoms with E-state index in [9.17, 15) is 19.2 Å². The zero-order chi connectivity index (χ0) is 30.7. The number of hydrogen-bond acceptors (Lipinski definition) is 9. The number of carbonyl (C=O) groups excluding carboxylic acids is 4. The highest BCUT2D eigenvalue weighted by molar-refractivity contribution is 9.10. The number of nitrogens with zero attached hydrogens (tertiary/aromatic N) is 1. The summed E-state index contributed by atoms with van der Waals surface area (Å²) in [6, 6.07) is 13.5. The van der Waals surface area contributed by atoms with Crippen molar-refractivity contribution in [3.8, 4) is 23.0 Å². The molecule has 3 aromatic carbocycles. The Morgan fingerprint density at radius 2 is 1.77 bits per heavy atom. The molecule has 3 aromatic rings. The van der Waals surface area contributed by atoms with E-state index in [4.69, 9.17) is 18.9 Å². The molecule has 2 aliphatic heterocycles. The van der Waals surface area contributed by atoms with Crippen LogP contribution in [0, 0.1) is 13.8 Å². The van der Waals surface area contributed by atoms with Crippen molar-refractivity contribution in [2.24, 2.45) is 0 Å². The van der Waals surface area contributed by atoms with Crippen molar-refractivity contribution in [2.75, 3.05) is 37.7 Å². The number of rotatable bonds is 9. The van der Waals surface area contributed by atoms with Gasteiger partial charge in [0, 0.05) is 21.9 Å². The molecule has 4 amide bonds. The maximum atomic E-state index is 13.0. The predicted molar refractivity (Wildman–Crippen MR) is 165 cm³/mol.